The summed E-state index contributed by atoms with van der Waals surface area (Å²) >= 11 is 0. The lowest BCUT2D eigenvalue weighted by molar-refractivity contribution is -0.145. The first-order valence-corrected chi connectivity index (χ1v) is 6.71. The number of nitrogens with one attached hydrogen (secondary N) is 1. The summed E-state index contributed by atoms with van der Waals surface area (Å²) in [6.45, 7) is 3.72. The number of amides is 1. The first-order chi connectivity index (χ1) is 9.38. The van der Waals surface area contributed by atoms with Gasteiger partial charge in [0.25, 0.3) is 0 Å². The van der Waals surface area contributed by atoms with Crippen LogP contribution in [0.3, 0.4) is 0 Å². The molecule has 0 radical (unpaired) electrons. The van der Waals surface area contributed by atoms with E-state index in [0.717, 1.165) is 5.56 Å². The fourth-order valence-corrected chi connectivity index (χ4v) is 2.78. The summed E-state index contributed by atoms with van der Waals surface area (Å²) in [4.78, 5) is 23.4. The molecule has 20 heavy (non-hydrogen) atoms. The number of phenolic OH excluding ortho intramolecular Hbond substituents is 1. The van der Waals surface area contributed by atoms with E-state index in [1.165, 1.54) is 6.07 Å². The van der Waals surface area contributed by atoms with Gasteiger partial charge in [-0.2, -0.15) is 0 Å². The van der Waals surface area contributed by atoms with Crippen molar-refractivity contribution in [1.82, 2.24) is 0 Å². The molecule has 0 spiro atoms. The summed E-state index contributed by atoms with van der Waals surface area (Å²) < 4.78 is 0. The van der Waals surface area contributed by atoms with E-state index < -0.39 is 17.8 Å². The van der Waals surface area contributed by atoms with Gasteiger partial charge in [0.1, 0.15) is 5.75 Å². The number of carbonyl (C=O) groups is 2. The number of anilines is 1. The van der Waals surface area contributed by atoms with Crippen LogP contribution >= 0.6 is 0 Å². The number of hydrogen-bond acceptors (Lipinski definition) is 3. The average molecular weight is 277 g/mol. The molecule has 2 rings (SSSR count). The minimum Gasteiger partial charge on any atom is -0.508 e. The predicted molar refractivity (Wildman–Crippen MR) is 74.5 cm³/mol. The molecule has 1 aromatic carbocycles. The molecule has 1 amide bonds. The van der Waals surface area contributed by atoms with Crippen LogP contribution in [0.1, 0.15) is 25.3 Å². The van der Waals surface area contributed by atoms with Crippen LogP contribution < -0.4 is 5.32 Å². The number of phenols is 1. The number of benzene rings is 1. The third kappa shape index (κ3) is 2.92. The zero-order valence-corrected chi connectivity index (χ0v) is 11.6. The van der Waals surface area contributed by atoms with E-state index in [1.54, 1.807) is 19.1 Å². The van der Waals surface area contributed by atoms with Crippen molar-refractivity contribution in [3.8, 4) is 5.75 Å². The molecule has 5 heteroatoms. The fourth-order valence-electron chi connectivity index (χ4n) is 2.78. The van der Waals surface area contributed by atoms with Crippen LogP contribution in [0.4, 0.5) is 5.69 Å². The van der Waals surface area contributed by atoms with Gasteiger partial charge in [0, 0.05) is 11.8 Å². The maximum absolute atomic E-state index is 12.2. The molecule has 0 heterocycles. The van der Waals surface area contributed by atoms with E-state index in [-0.39, 0.29) is 17.6 Å². The molecule has 0 saturated heterocycles. The first kappa shape index (κ1) is 14.4. The molecule has 3 N–H and O–H groups in total. The Morgan fingerprint density at radius 3 is 2.50 bits per heavy atom. The SMILES string of the molecule is Cc1ccc(NC(=O)[C@H]2CC(C)C[C@H]2C(=O)O)cc1O. The lowest BCUT2D eigenvalue weighted by Gasteiger charge is -2.15. The van der Waals surface area contributed by atoms with Gasteiger partial charge < -0.3 is 15.5 Å². The lowest BCUT2D eigenvalue weighted by atomic mass is 9.95. The van der Waals surface area contributed by atoms with Crippen molar-refractivity contribution in [2.75, 3.05) is 5.32 Å². The third-order valence-corrected chi connectivity index (χ3v) is 3.93. The molecule has 1 aliphatic rings. The Hall–Kier alpha value is -2.04. The maximum atomic E-state index is 12.2. The predicted octanol–water partition coefficient (Wildman–Crippen LogP) is 2.39. The van der Waals surface area contributed by atoms with Crippen LogP contribution in [0.5, 0.6) is 5.75 Å². The molecule has 1 fully saturated rings. The highest BCUT2D eigenvalue weighted by atomic mass is 16.4. The molecular formula is C15H19NO4. The number of aliphatic carboxylic acids is 1. The minimum absolute atomic E-state index is 0.109. The molecule has 0 bridgehead atoms. The quantitative estimate of drug-likeness (QED) is 0.791. The molecule has 108 valence electrons. The Kier molecular flexibility index (Phi) is 3.97. The lowest BCUT2D eigenvalue weighted by Crippen LogP contribution is -2.29. The van der Waals surface area contributed by atoms with Gasteiger partial charge in [0.2, 0.25) is 5.91 Å². The van der Waals surface area contributed by atoms with Crippen molar-refractivity contribution < 1.29 is 19.8 Å². The molecule has 5 nitrogen and oxygen atoms in total. The Balaban J connectivity index is 2.11. The Morgan fingerprint density at radius 1 is 1.25 bits per heavy atom. The normalized spacial score (nSPS) is 25.4. The zero-order valence-electron chi connectivity index (χ0n) is 11.6. The van der Waals surface area contributed by atoms with Crippen molar-refractivity contribution in [1.29, 1.82) is 0 Å². The van der Waals surface area contributed by atoms with Crippen molar-refractivity contribution in [2.45, 2.75) is 26.7 Å². The number of aryl methyl sites for hydroxylation is 1. The summed E-state index contributed by atoms with van der Waals surface area (Å²) in [5.74, 6) is -1.99. The standard InChI is InChI=1S/C15H19NO4/c1-8-5-11(12(6-8)15(19)20)14(18)16-10-4-3-9(2)13(17)7-10/h3-4,7-8,11-12,17H,5-6H2,1-2H3,(H,16,18)(H,19,20)/t8?,11-,12+/m0/s1. The number of rotatable bonds is 3. The highest BCUT2D eigenvalue weighted by Gasteiger charge is 2.41. The summed E-state index contributed by atoms with van der Waals surface area (Å²) in [6.07, 6.45) is 1.12. The van der Waals surface area contributed by atoms with Crippen molar-refractivity contribution in [3.05, 3.63) is 23.8 Å². The van der Waals surface area contributed by atoms with Gasteiger partial charge in [-0.15, -0.1) is 0 Å². The molecule has 1 saturated carbocycles. The van der Waals surface area contributed by atoms with Crippen molar-refractivity contribution in [3.63, 3.8) is 0 Å². The smallest absolute Gasteiger partial charge is 0.307 e. The van der Waals surface area contributed by atoms with E-state index in [2.05, 4.69) is 5.32 Å². The second-order valence-electron chi connectivity index (χ2n) is 5.62. The van der Waals surface area contributed by atoms with Crippen LogP contribution in [0.15, 0.2) is 18.2 Å². The van der Waals surface area contributed by atoms with Crippen LogP contribution in [-0.2, 0) is 9.59 Å². The minimum atomic E-state index is -0.916. The molecule has 0 aromatic heterocycles. The van der Waals surface area contributed by atoms with Crippen molar-refractivity contribution >= 4 is 17.6 Å². The Bertz CT molecular complexity index is 541. The van der Waals surface area contributed by atoms with E-state index in [4.69, 9.17) is 0 Å². The summed E-state index contributed by atoms with van der Waals surface area (Å²) in [6, 6.07) is 4.87. The highest BCUT2D eigenvalue weighted by molar-refractivity contribution is 5.95. The summed E-state index contributed by atoms with van der Waals surface area (Å²) in [5.41, 5.74) is 1.21. The molecule has 1 aromatic rings. The zero-order chi connectivity index (χ0) is 14.9. The molecule has 0 aliphatic heterocycles. The number of carboxylic acids is 1. The van der Waals surface area contributed by atoms with Gasteiger partial charge in [-0.3, -0.25) is 9.59 Å². The van der Waals surface area contributed by atoms with Crippen LogP contribution in [0.2, 0.25) is 0 Å². The van der Waals surface area contributed by atoms with Gasteiger partial charge in [0.05, 0.1) is 11.8 Å². The van der Waals surface area contributed by atoms with Crippen LogP contribution in [0, 0.1) is 24.7 Å². The highest BCUT2D eigenvalue weighted by Crippen LogP contribution is 2.37. The molecule has 1 aliphatic carbocycles. The fraction of sp³-hybridized carbons (Fsp3) is 0.467. The topological polar surface area (TPSA) is 86.6 Å². The molecule has 3 atom stereocenters. The number of hydrogen-bond donors (Lipinski definition) is 3. The average Bonchev–Trinajstić information content (AvgIpc) is 2.76. The first-order valence-electron chi connectivity index (χ1n) is 6.71. The largest absolute Gasteiger partial charge is 0.508 e. The number of carbonyl (C=O) groups excluding carboxylic acids is 1. The van der Waals surface area contributed by atoms with Gasteiger partial charge in [0.15, 0.2) is 0 Å². The summed E-state index contributed by atoms with van der Waals surface area (Å²) in [7, 11) is 0. The van der Waals surface area contributed by atoms with Gasteiger partial charge in [-0.25, -0.2) is 0 Å². The maximum Gasteiger partial charge on any atom is 0.307 e. The van der Waals surface area contributed by atoms with Gasteiger partial charge >= 0.3 is 5.97 Å². The van der Waals surface area contributed by atoms with Crippen molar-refractivity contribution in [2.24, 2.45) is 17.8 Å². The van der Waals surface area contributed by atoms with E-state index in [1.807, 2.05) is 6.92 Å². The second kappa shape index (κ2) is 5.53. The number of aromatic hydroxyl groups is 1. The number of carboxylic acid groups (broad SMARTS) is 1. The van der Waals surface area contributed by atoms with E-state index in [0.29, 0.717) is 18.5 Å². The van der Waals surface area contributed by atoms with E-state index >= 15 is 0 Å². The summed E-state index contributed by atoms with van der Waals surface area (Å²) in [5, 5.41) is 21.5. The van der Waals surface area contributed by atoms with Gasteiger partial charge in [-0.1, -0.05) is 13.0 Å². The molecule has 1 unspecified atom stereocenters. The third-order valence-electron chi connectivity index (χ3n) is 3.93. The Morgan fingerprint density at radius 2 is 1.90 bits per heavy atom. The monoisotopic (exact) mass is 277 g/mol. The van der Waals surface area contributed by atoms with E-state index in [9.17, 15) is 19.8 Å². The Labute approximate surface area is 117 Å². The van der Waals surface area contributed by atoms with Crippen LogP contribution in [-0.4, -0.2) is 22.1 Å². The van der Waals surface area contributed by atoms with Gasteiger partial charge in [-0.05, 0) is 37.3 Å². The second-order valence-corrected chi connectivity index (χ2v) is 5.62. The van der Waals surface area contributed by atoms with Crippen LogP contribution in [0.25, 0.3) is 0 Å². The molecular weight excluding hydrogens is 258 g/mol.